The van der Waals surface area contributed by atoms with Gasteiger partial charge in [0.2, 0.25) is 0 Å². The van der Waals surface area contributed by atoms with Crippen LogP contribution in [-0.2, 0) is 0 Å². The minimum absolute atomic E-state index is 0.750. The highest BCUT2D eigenvalue weighted by atomic mass is 32.2. The van der Waals surface area contributed by atoms with E-state index in [0.717, 1.165) is 29.5 Å². The topological polar surface area (TPSA) is 27.0 Å². The highest BCUT2D eigenvalue weighted by molar-refractivity contribution is 8.00. The predicted octanol–water partition coefficient (Wildman–Crippen LogP) is 3.20. The summed E-state index contributed by atoms with van der Waals surface area (Å²) in [6.07, 6.45) is 1.23. The van der Waals surface area contributed by atoms with Gasteiger partial charge in [0.05, 0.1) is 11.6 Å². The number of hydrogen-bond donors (Lipinski definition) is 0. The molecule has 90 valence electrons. The third kappa shape index (κ3) is 2.76. The Hall–Kier alpha value is -1.14. The molecule has 0 amide bonds. The number of rotatable bonds is 2. The molecule has 1 aliphatic rings. The summed E-state index contributed by atoms with van der Waals surface area (Å²) in [4.78, 5) is 2.44. The maximum absolute atomic E-state index is 8.93. The highest BCUT2D eigenvalue weighted by Crippen LogP contribution is 2.26. The Morgan fingerprint density at radius 2 is 2.35 bits per heavy atom. The summed E-state index contributed by atoms with van der Waals surface area (Å²) in [6, 6.07) is 8.38. The summed E-state index contributed by atoms with van der Waals surface area (Å²) in [5.74, 6) is 1.21. The first-order valence-corrected chi connectivity index (χ1v) is 7.16. The van der Waals surface area contributed by atoms with E-state index in [9.17, 15) is 0 Å². The molecule has 2 rings (SSSR count). The number of nitrogens with zero attached hydrogens (tertiary/aromatic N) is 2. The summed E-state index contributed by atoms with van der Waals surface area (Å²) in [5, 5.41) is 9.68. The van der Waals surface area contributed by atoms with E-state index in [4.69, 9.17) is 5.26 Å². The van der Waals surface area contributed by atoms with Crippen molar-refractivity contribution in [2.45, 2.75) is 25.5 Å². The van der Waals surface area contributed by atoms with Crippen LogP contribution in [0, 0.1) is 18.3 Å². The van der Waals surface area contributed by atoms with Gasteiger partial charge in [-0.15, -0.1) is 0 Å². The van der Waals surface area contributed by atoms with Gasteiger partial charge in [0, 0.05) is 29.8 Å². The highest BCUT2D eigenvalue weighted by Gasteiger charge is 2.19. The monoisotopic (exact) mass is 246 g/mol. The van der Waals surface area contributed by atoms with Crippen molar-refractivity contribution in [3.8, 4) is 6.07 Å². The van der Waals surface area contributed by atoms with Crippen molar-refractivity contribution < 1.29 is 0 Å². The molecule has 0 radical (unpaired) electrons. The zero-order valence-electron chi connectivity index (χ0n) is 10.4. The molecule has 1 heterocycles. The standard InChI is InChI=1S/C14H18N2S/c1-3-14-10-16(6-7-17-14)13-5-4-12(9-15)11(2)8-13/h4-5,8,14H,3,6-7,10H2,1-2H3. The van der Waals surface area contributed by atoms with Gasteiger partial charge in [0.15, 0.2) is 0 Å². The molecule has 0 bridgehead atoms. The van der Waals surface area contributed by atoms with Gasteiger partial charge in [-0.05, 0) is 37.1 Å². The normalized spacial score (nSPS) is 20.1. The molecule has 1 aromatic rings. The Morgan fingerprint density at radius 1 is 1.53 bits per heavy atom. The van der Waals surface area contributed by atoms with E-state index in [2.05, 4.69) is 41.8 Å². The Kier molecular flexibility index (Phi) is 3.96. The van der Waals surface area contributed by atoms with Gasteiger partial charge in [-0.25, -0.2) is 0 Å². The number of hydrogen-bond acceptors (Lipinski definition) is 3. The fourth-order valence-electron chi connectivity index (χ4n) is 2.17. The maximum atomic E-state index is 8.93. The molecule has 3 heteroatoms. The Morgan fingerprint density at radius 3 is 3.00 bits per heavy atom. The van der Waals surface area contributed by atoms with Gasteiger partial charge in [-0.3, -0.25) is 0 Å². The summed E-state index contributed by atoms with van der Waals surface area (Å²) < 4.78 is 0. The van der Waals surface area contributed by atoms with E-state index in [-0.39, 0.29) is 0 Å². The van der Waals surface area contributed by atoms with Crippen molar-refractivity contribution in [1.29, 1.82) is 5.26 Å². The Labute approximate surface area is 108 Å². The third-order valence-corrected chi connectivity index (χ3v) is 4.66. The average molecular weight is 246 g/mol. The molecule has 0 N–H and O–H groups in total. The average Bonchev–Trinajstić information content (AvgIpc) is 2.38. The zero-order valence-corrected chi connectivity index (χ0v) is 11.3. The quantitative estimate of drug-likeness (QED) is 0.802. The molecule has 1 aromatic carbocycles. The lowest BCUT2D eigenvalue weighted by Gasteiger charge is -2.33. The van der Waals surface area contributed by atoms with Crippen LogP contribution in [0.2, 0.25) is 0 Å². The van der Waals surface area contributed by atoms with Gasteiger partial charge in [-0.1, -0.05) is 6.92 Å². The Balaban J connectivity index is 2.17. The van der Waals surface area contributed by atoms with E-state index >= 15 is 0 Å². The molecule has 1 saturated heterocycles. The van der Waals surface area contributed by atoms with Crippen molar-refractivity contribution >= 4 is 17.4 Å². The first-order chi connectivity index (χ1) is 8.24. The van der Waals surface area contributed by atoms with Crippen LogP contribution in [0.3, 0.4) is 0 Å². The number of anilines is 1. The largest absolute Gasteiger partial charge is 0.370 e. The van der Waals surface area contributed by atoms with Crippen molar-refractivity contribution in [3.05, 3.63) is 29.3 Å². The number of nitriles is 1. The summed E-state index contributed by atoms with van der Waals surface area (Å²) in [6.45, 7) is 6.52. The lowest BCUT2D eigenvalue weighted by atomic mass is 10.1. The van der Waals surface area contributed by atoms with E-state index in [1.54, 1.807) is 0 Å². The van der Waals surface area contributed by atoms with Gasteiger partial charge in [0.25, 0.3) is 0 Å². The van der Waals surface area contributed by atoms with E-state index in [1.807, 2.05) is 13.0 Å². The number of benzene rings is 1. The van der Waals surface area contributed by atoms with E-state index in [1.165, 1.54) is 17.9 Å². The van der Waals surface area contributed by atoms with Crippen LogP contribution in [0.4, 0.5) is 5.69 Å². The molecular formula is C14H18N2S. The second kappa shape index (κ2) is 5.46. The molecule has 17 heavy (non-hydrogen) atoms. The molecule has 0 spiro atoms. The van der Waals surface area contributed by atoms with Gasteiger partial charge >= 0.3 is 0 Å². The van der Waals surface area contributed by atoms with Crippen LogP contribution in [0.25, 0.3) is 0 Å². The Bertz CT molecular complexity index is 436. The molecule has 1 aliphatic heterocycles. The number of aryl methyl sites for hydroxylation is 1. The van der Waals surface area contributed by atoms with Gasteiger partial charge in [-0.2, -0.15) is 17.0 Å². The first-order valence-electron chi connectivity index (χ1n) is 6.12. The van der Waals surface area contributed by atoms with E-state index in [0.29, 0.717) is 0 Å². The molecule has 2 nitrogen and oxygen atoms in total. The second-order valence-corrected chi connectivity index (χ2v) is 5.87. The first kappa shape index (κ1) is 12.3. The molecular weight excluding hydrogens is 228 g/mol. The zero-order chi connectivity index (χ0) is 12.3. The second-order valence-electron chi connectivity index (χ2n) is 4.46. The van der Waals surface area contributed by atoms with Crippen LogP contribution in [0.5, 0.6) is 0 Å². The van der Waals surface area contributed by atoms with Crippen molar-refractivity contribution in [2.24, 2.45) is 0 Å². The van der Waals surface area contributed by atoms with Crippen LogP contribution in [-0.4, -0.2) is 24.1 Å². The van der Waals surface area contributed by atoms with Gasteiger partial charge < -0.3 is 4.90 Å². The molecule has 1 fully saturated rings. The number of thioether (sulfide) groups is 1. The van der Waals surface area contributed by atoms with Crippen LogP contribution < -0.4 is 4.90 Å². The fourth-order valence-corrected chi connectivity index (χ4v) is 3.35. The minimum atomic E-state index is 0.750. The molecule has 1 unspecified atom stereocenters. The van der Waals surface area contributed by atoms with Crippen LogP contribution in [0.15, 0.2) is 18.2 Å². The maximum Gasteiger partial charge on any atom is 0.0994 e. The molecule has 0 aromatic heterocycles. The third-order valence-electron chi connectivity index (χ3n) is 3.29. The van der Waals surface area contributed by atoms with Crippen molar-refractivity contribution in [1.82, 2.24) is 0 Å². The lowest BCUT2D eigenvalue weighted by Crippen LogP contribution is -2.37. The SMILES string of the molecule is CCC1CN(c2ccc(C#N)c(C)c2)CCS1. The lowest BCUT2D eigenvalue weighted by molar-refractivity contribution is 0.728. The van der Waals surface area contributed by atoms with Crippen LogP contribution in [0.1, 0.15) is 24.5 Å². The molecule has 1 atom stereocenters. The van der Waals surface area contributed by atoms with Crippen LogP contribution >= 0.6 is 11.8 Å². The smallest absolute Gasteiger partial charge is 0.0994 e. The molecule has 0 saturated carbocycles. The minimum Gasteiger partial charge on any atom is -0.370 e. The predicted molar refractivity (Wildman–Crippen MR) is 74.6 cm³/mol. The van der Waals surface area contributed by atoms with Crippen molar-refractivity contribution in [2.75, 3.05) is 23.7 Å². The van der Waals surface area contributed by atoms with Crippen molar-refractivity contribution in [3.63, 3.8) is 0 Å². The fraction of sp³-hybridized carbons (Fsp3) is 0.500. The summed E-state index contributed by atoms with van der Waals surface area (Å²) >= 11 is 2.08. The molecule has 0 aliphatic carbocycles. The summed E-state index contributed by atoms with van der Waals surface area (Å²) in [5.41, 5.74) is 3.13. The van der Waals surface area contributed by atoms with Gasteiger partial charge in [0.1, 0.15) is 0 Å². The van der Waals surface area contributed by atoms with E-state index < -0.39 is 0 Å². The summed E-state index contributed by atoms with van der Waals surface area (Å²) in [7, 11) is 0.